The second-order valence-corrected chi connectivity index (χ2v) is 3.58. The third-order valence-electron chi connectivity index (χ3n) is 2.21. The largest absolute Gasteiger partial charge is 0.393 e. The molecule has 90 valence electrons. The Balaban J connectivity index is 2.58. The number of nitrogens with one attached hydrogen (secondary N) is 2. The molecule has 0 radical (unpaired) electrons. The van der Waals surface area contributed by atoms with Crippen molar-refractivity contribution in [3.8, 4) is 0 Å². The summed E-state index contributed by atoms with van der Waals surface area (Å²) in [6.07, 6.45) is -5.42. The molecule has 1 aromatic heterocycles. The summed E-state index contributed by atoms with van der Waals surface area (Å²) in [7, 11) is 0. The SMILES string of the molecule is O=c1[nH]c(=O)c2ccc(CC(F)(F)F)cc2[nH]1. The van der Waals surface area contributed by atoms with Gasteiger partial charge in [-0.1, -0.05) is 6.07 Å². The Bertz CT molecular complexity index is 670. The first-order valence-corrected chi connectivity index (χ1v) is 4.67. The Morgan fingerprint density at radius 2 is 1.82 bits per heavy atom. The Kier molecular flexibility index (Phi) is 2.53. The minimum absolute atomic E-state index is 0.00810. The summed E-state index contributed by atoms with van der Waals surface area (Å²) in [5, 5.41) is 0.149. The molecule has 0 spiro atoms. The number of halogens is 3. The van der Waals surface area contributed by atoms with Gasteiger partial charge in [-0.25, -0.2) is 4.79 Å². The molecule has 1 aromatic carbocycles. The number of benzene rings is 1. The quantitative estimate of drug-likeness (QED) is 0.794. The van der Waals surface area contributed by atoms with Gasteiger partial charge in [-0.15, -0.1) is 0 Å². The maximum Gasteiger partial charge on any atom is 0.393 e. The van der Waals surface area contributed by atoms with Crippen LogP contribution in [0.5, 0.6) is 0 Å². The molecule has 0 atom stereocenters. The van der Waals surface area contributed by atoms with Crippen LogP contribution in [-0.4, -0.2) is 16.1 Å². The van der Waals surface area contributed by atoms with Crippen molar-refractivity contribution in [2.45, 2.75) is 12.6 Å². The molecule has 0 bridgehead atoms. The second kappa shape index (κ2) is 3.76. The molecule has 0 saturated heterocycles. The molecule has 0 unspecified atom stereocenters. The van der Waals surface area contributed by atoms with Crippen LogP contribution in [0.1, 0.15) is 5.56 Å². The zero-order valence-electron chi connectivity index (χ0n) is 8.39. The van der Waals surface area contributed by atoms with Crippen molar-refractivity contribution in [1.82, 2.24) is 9.97 Å². The van der Waals surface area contributed by atoms with E-state index < -0.39 is 23.8 Å². The van der Waals surface area contributed by atoms with Crippen molar-refractivity contribution >= 4 is 10.9 Å². The summed E-state index contributed by atoms with van der Waals surface area (Å²) < 4.78 is 36.5. The summed E-state index contributed by atoms with van der Waals surface area (Å²) in [5.74, 6) is 0. The Labute approximate surface area is 92.1 Å². The summed E-state index contributed by atoms with van der Waals surface area (Å²) in [6, 6.07) is 3.62. The molecule has 2 N–H and O–H groups in total. The molecule has 0 aliphatic heterocycles. The van der Waals surface area contributed by atoms with Gasteiger partial charge in [0.05, 0.1) is 17.3 Å². The van der Waals surface area contributed by atoms with E-state index >= 15 is 0 Å². The Morgan fingerprint density at radius 3 is 2.47 bits per heavy atom. The first kappa shape index (κ1) is 11.4. The van der Waals surface area contributed by atoms with Crippen LogP contribution < -0.4 is 11.2 Å². The van der Waals surface area contributed by atoms with Crippen molar-refractivity contribution in [3.63, 3.8) is 0 Å². The molecule has 0 amide bonds. The zero-order chi connectivity index (χ0) is 12.6. The van der Waals surface area contributed by atoms with E-state index in [4.69, 9.17) is 0 Å². The minimum Gasteiger partial charge on any atom is -0.307 e. The molecule has 1 heterocycles. The number of H-pyrrole nitrogens is 2. The van der Waals surface area contributed by atoms with E-state index in [9.17, 15) is 22.8 Å². The highest BCUT2D eigenvalue weighted by Gasteiger charge is 2.27. The number of alkyl halides is 3. The first-order chi connectivity index (χ1) is 7.85. The maximum absolute atomic E-state index is 12.2. The highest BCUT2D eigenvalue weighted by molar-refractivity contribution is 5.77. The van der Waals surface area contributed by atoms with Crippen molar-refractivity contribution in [3.05, 3.63) is 44.6 Å². The van der Waals surface area contributed by atoms with Crippen molar-refractivity contribution in [1.29, 1.82) is 0 Å². The molecule has 0 aliphatic carbocycles. The predicted octanol–water partition coefficient (Wildman–Crippen LogP) is 1.32. The lowest BCUT2D eigenvalue weighted by atomic mass is 10.1. The highest BCUT2D eigenvalue weighted by atomic mass is 19.4. The Morgan fingerprint density at radius 1 is 1.12 bits per heavy atom. The lowest BCUT2D eigenvalue weighted by Gasteiger charge is -2.06. The van der Waals surface area contributed by atoms with Crippen LogP contribution in [0.2, 0.25) is 0 Å². The van der Waals surface area contributed by atoms with Gasteiger partial charge in [0.1, 0.15) is 0 Å². The van der Waals surface area contributed by atoms with Crippen molar-refractivity contribution in [2.24, 2.45) is 0 Å². The molecule has 17 heavy (non-hydrogen) atoms. The van der Waals surface area contributed by atoms with Crippen LogP contribution in [0.4, 0.5) is 13.2 Å². The fourth-order valence-electron chi connectivity index (χ4n) is 1.56. The van der Waals surface area contributed by atoms with Gasteiger partial charge in [0.15, 0.2) is 0 Å². The fraction of sp³-hybridized carbons (Fsp3) is 0.200. The number of hydrogen-bond acceptors (Lipinski definition) is 2. The fourth-order valence-corrected chi connectivity index (χ4v) is 1.56. The number of aromatic nitrogens is 2. The normalized spacial score (nSPS) is 11.9. The summed E-state index contributed by atoms with van der Waals surface area (Å²) >= 11 is 0. The van der Waals surface area contributed by atoms with Gasteiger partial charge in [0.2, 0.25) is 0 Å². The van der Waals surface area contributed by atoms with Crippen LogP contribution in [0.3, 0.4) is 0 Å². The summed E-state index contributed by atoms with van der Waals surface area (Å²) in [4.78, 5) is 26.5. The maximum atomic E-state index is 12.2. The standard InChI is InChI=1S/C10H7F3N2O2/c11-10(12,13)4-5-1-2-6-7(3-5)14-9(17)15-8(6)16/h1-3H,4H2,(H2,14,15,16,17). The van der Waals surface area contributed by atoms with Gasteiger partial charge in [0.25, 0.3) is 5.56 Å². The van der Waals surface area contributed by atoms with Crippen LogP contribution in [0.15, 0.2) is 27.8 Å². The van der Waals surface area contributed by atoms with E-state index in [2.05, 4.69) is 4.98 Å². The third kappa shape index (κ3) is 2.55. The first-order valence-electron chi connectivity index (χ1n) is 4.67. The monoisotopic (exact) mass is 244 g/mol. The van der Waals surface area contributed by atoms with Gasteiger partial charge in [0, 0.05) is 0 Å². The number of rotatable bonds is 1. The number of aromatic amines is 2. The molecular weight excluding hydrogens is 237 g/mol. The van der Waals surface area contributed by atoms with Crippen molar-refractivity contribution in [2.75, 3.05) is 0 Å². The van der Waals surface area contributed by atoms with Crippen LogP contribution in [0.25, 0.3) is 10.9 Å². The molecule has 7 heteroatoms. The average Bonchev–Trinajstić information content (AvgIpc) is 2.13. The van der Waals surface area contributed by atoms with Gasteiger partial charge >= 0.3 is 11.9 Å². The predicted molar refractivity (Wildman–Crippen MR) is 54.9 cm³/mol. The van der Waals surface area contributed by atoms with Gasteiger partial charge in [-0.3, -0.25) is 9.78 Å². The summed E-state index contributed by atoms with van der Waals surface area (Å²) in [5.41, 5.74) is -1.28. The van der Waals surface area contributed by atoms with Gasteiger partial charge in [-0.05, 0) is 17.7 Å². The molecular formula is C10H7F3N2O2. The summed E-state index contributed by atoms with van der Waals surface area (Å²) in [6.45, 7) is 0. The third-order valence-corrected chi connectivity index (χ3v) is 2.21. The van der Waals surface area contributed by atoms with E-state index in [1.54, 1.807) is 0 Å². The molecule has 0 fully saturated rings. The average molecular weight is 244 g/mol. The van der Waals surface area contributed by atoms with E-state index in [-0.39, 0.29) is 16.5 Å². The van der Waals surface area contributed by atoms with Crippen LogP contribution in [0, 0.1) is 0 Å². The molecule has 0 aliphatic rings. The molecule has 4 nitrogen and oxygen atoms in total. The van der Waals surface area contributed by atoms with E-state index in [0.717, 1.165) is 6.07 Å². The molecule has 2 rings (SSSR count). The van der Waals surface area contributed by atoms with Crippen molar-refractivity contribution < 1.29 is 13.2 Å². The molecule has 2 aromatic rings. The lowest BCUT2D eigenvalue weighted by Crippen LogP contribution is -2.22. The number of fused-ring (bicyclic) bond motifs is 1. The van der Waals surface area contributed by atoms with E-state index in [0.29, 0.717) is 0 Å². The smallest absolute Gasteiger partial charge is 0.307 e. The topological polar surface area (TPSA) is 65.7 Å². The number of hydrogen-bond donors (Lipinski definition) is 2. The van der Waals surface area contributed by atoms with Crippen LogP contribution >= 0.6 is 0 Å². The highest BCUT2D eigenvalue weighted by Crippen LogP contribution is 2.22. The lowest BCUT2D eigenvalue weighted by molar-refractivity contribution is -0.127. The van der Waals surface area contributed by atoms with Gasteiger partial charge in [-0.2, -0.15) is 13.2 Å². The van der Waals surface area contributed by atoms with Crippen LogP contribution in [-0.2, 0) is 6.42 Å². The minimum atomic E-state index is -4.32. The molecule has 0 saturated carbocycles. The van der Waals surface area contributed by atoms with E-state index in [1.165, 1.54) is 12.1 Å². The second-order valence-electron chi connectivity index (χ2n) is 3.58. The zero-order valence-corrected chi connectivity index (χ0v) is 8.39. The van der Waals surface area contributed by atoms with E-state index in [1.807, 2.05) is 4.98 Å². The Hall–Kier alpha value is -2.05. The van der Waals surface area contributed by atoms with Gasteiger partial charge < -0.3 is 4.98 Å².